The standard InChI is InChI=1S/C17H11ClF2N2OS/c18-11-5-3-10(4-6-11)14-8-13(15-2-1-7-24-15)21-22(14)16(23)12-9-17(12,19)20/h1-8,12H,9H2. The number of hydrogen-bond donors (Lipinski definition) is 0. The Balaban J connectivity index is 1.81. The van der Waals surface area contributed by atoms with Crippen LogP contribution in [0.5, 0.6) is 0 Å². The average Bonchev–Trinajstić information content (AvgIpc) is 2.99. The fraction of sp³-hybridized carbons (Fsp3) is 0.176. The summed E-state index contributed by atoms with van der Waals surface area (Å²) in [6.07, 6.45) is -0.417. The van der Waals surface area contributed by atoms with Gasteiger partial charge >= 0.3 is 0 Å². The molecule has 0 amide bonds. The molecule has 2 heterocycles. The Morgan fingerprint density at radius 2 is 2.00 bits per heavy atom. The van der Waals surface area contributed by atoms with Crippen molar-refractivity contribution >= 4 is 28.8 Å². The fourth-order valence-corrected chi connectivity index (χ4v) is 3.36. The predicted octanol–water partition coefficient (Wildman–Crippen LogP) is 5.23. The highest BCUT2D eigenvalue weighted by Gasteiger charge is 2.62. The van der Waals surface area contributed by atoms with Gasteiger partial charge in [-0.15, -0.1) is 11.3 Å². The first kappa shape index (κ1) is 15.5. The van der Waals surface area contributed by atoms with Crippen LogP contribution in [-0.4, -0.2) is 21.6 Å². The van der Waals surface area contributed by atoms with Crippen molar-refractivity contribution in [2.45, 2.75) is 12.3 Å². The summed E-state index contributed by atoms with van der Waals surface area (Å²) in [7, 11) is 0. The number of aromatic nitrogens is 2. The minimum Gasteiger partial charge on any atom is -0.272 e. The molecule has 1 saturated carbocycles. The summed E-state index contributed by atoms with van der Waals surface area (Å²) in [6.45, 7) is 0. The minimum absolute atomic E-state index is 0.417. The lowest BCUT2D eigenvalue weighted by atomic mass is 10.1. The maximum Gasteiger partial charge on any atom is 0.260 e. The van der Waals surface area contributed by atoms with Crippen LogP contribution in [0.25, 0.3) is 21.8 Å². The number of thiophene rings is 1. The second-order valence-corrected chi connectivity index (χ2v) is 7.05. The van der Waals surface area contributed by atoms with E-state index in [9.17, 15) is 13.6 Å². The summed E-state index contributed by atoms with van der Waals surface area (Å²) in [5, 5.41) is 6.74. The Bertz CT molecular complexity index is 903. The van der Waals surface area contributed by atoms with Gasteiger partial charge in [0.05, 0.1) is 10.6 Å². The first-order valence-corrected chi connectivity index (χ1v) is 8.53. The summed E-state index contributed by atoms with van der Waals surface area (Å²) >= 11 is 7.37. The molecule has 0 aliphatic heterocycles. The molecule has 0 bridgehead atoms. The molecule has 1 aliphatic carbocycles. The number of rotatable bonds is 3. The normalized spacial score (nSPS) is 18.5. The first-order chi connectivity index (χ1) is 11.5. The molecular weight excluding hydrogens is 354 g/mol. The van der Waals surface area contributed by atoms with Crippen molar-refractivity contribution in [3.8, 4) is 21.8 Å². The third-order valence-electron chi connectivity index (χ3n) is 3.96. The van der Waals surface area contributed by atoms with E-state index in [4.69, 9.17) is 11.6 Å². The molecule has 1 unspecified atom stereocenters. The van der Waals surface area contributed by atoms with E-state index in [-0.39, 0.29) is 0 Å². The molecule has 0 saturated heterocycles. The van der Waals surface area contributed by atoms with E-state index in [1.165, 1.54) is 11.3 Å². The van der Waals surface area contributed by atoms with E-state index >= 15 is 0 Å². The monoisotopic (exact) mass is 364 g/mol. The van der Waals surface area contributed by atoms with Gasteiger partial charge in [0, 0.05) is 17.0 Å². The Hall–Kier alpha value is -2.05. The number of carbonyl (C=O) groups excluding carboxylic acids is 1. The van der Waals surface area contributed by atoms with Gasteiger partial charge in [-0.2, -0.15) is 9.78 Å². The van der Waals surface area contributed by atoms with Crippen molar-refractivity contribution in [3.63, 3.8) is 0 Å². The second-order valence-electron chi connectivity index (χ2n) is 5.67. The topological polar surface area (TPSA) is 34.9 Å². The van der Waals surface area contributed by atoms with Crippen molar-refractivity contribution in [3.05, 3.63) is 52.9 Å². The second kappa shape index (κ2) is 5.50. The van der Waals surface area contributed by atoms with E-state index in [1.807, 2.05) is 17.5 Å². The molecule has 2 aromatic heterocycles. The Morgan fingerprint density at radius 1 is 1.29 bits per heavy atom. The predicted molar refractivity (Wildman–Crippen MR) is 89.7 cm³/mol. The summed E-state index contributed by atoms with van der Waals surface area (Å²) < 4.78 is 27.7. The molecule has 24 heavy (non-hydrogen) atoms. The number of hydrogen-bond acceptors (Lipinski definition) is 3. The molecule has 1 aliphatic rings. The molecule has 0 N–H and O–H groups in total. The molecule has 1 aromatic carbocycles. The third-order valence-corrected chi connectivity index (χ3v) is 5.10. The SMILES string of the molecule is O=C(C1CC1(F)F)n1nc(-c2cccs2)cc1-c1ccc(Cl)cc1. The largest absolute Gasteiger partial charge is 0.272 e. The number of alkyl halides is 2. The molecule has 3 nitrogen and oxygen atoms in total. The lowest BCUT2D eigenvalue weighted by Gasteiger charge is -2.06. The molecule has 1 atom stereocenters. The molecule has 4 rings (SSSR count). The van der Waals surface area contributed by atoms with E-state index in [2.05, 4.69) is 5.10 Å². The van der Waals surface area contributed by atoms with Gasteiger partial charge in [0.1, 0.15) is 11.6 Å². The van der Waals surface area contributed by atoms with Crippen LogP contribution in [-0.2, 0) is 0 Å². The van der Waals surface area contributed by atoms with E-state index in [1.54, 1.807) is 30.3 Å². The minimum atomic E-state index is -2.93. The molecular formula is C17H11ClF2N2OS. The van der Waals surface area contributed by atoms with Crippen molar-refractivity contribution in [1.29, 1.82) is 0 Å². The van der Waals surface area contributed by atoms with Crippen molar-refractivity contribution < 1.29 is 13.6 Å². The van der Waals surface area contributed by atoms with Crippen LogP contribution in [0.15, 0.2) is 47.8 Å². The van der Waals surface area contributed by atoms with Crippen molar-refractivity contribution in [1.82, 2.24) is 9.78 Å². The lowest BCUT2D eigenvalue weighted by Crippen LogP contribution is -2.19. The zero-order valence-electron chi connectivity index (χ0n) is 12.2. The summed E-state index contributed by atoms with van der Waals surface area (Å²) in [5.41, 5.74) is 1.78. The summed E-state index contributed by atoms with van der Waals surface area (Å²) in [6, 6.07) is 12.4. The number of nitrogens with zero attached hydrogens (tertiary/aromatic N) is 2. The zero-order valence-corrected chi connectivity index (χ0v) is 13.8. The number of halogens is 3. The third kappa shape index (κ3) is 2.65. The van der Waals surface area contributed by atoms with Gasteiger partial charge in [-0.1, -0.05) is 29.8 Å². The van der Waals surface area contributed by atoms with Crippen LogP contribution in [0, 0.1) is 5.92 Å². The maximum absolute atomic E-state index is 13.3. The number of benzene rings is 1. The molecule has 3 aromatic rings. The Kier molecular flexibility index (Phi) is 3.54. The average molecular weight is 365 g/mol. The van der Waals surface area contributed by atoms with Crippen LogP contribution in [0.3, 0.4) is 0 Å². The van der Waals surface area contributed by atoms with Gasteiger partial charge in [0.25, 0.3) is 11.8 Å². The fourth-order valence-electron chi connectivity index (χ4n) is 2.55. The van der Waals surface area contributed by atoms with Gasteiger partial charge in [0.2, 0.25) is 0 Å². The van der Waals surface area contributed by atoms with Crippen LogP contribution < -0.4 is 0 Å². The van der Waals surface area contributed by atoms with Gasteiger partial charge < -0.3 is 0 Å². The van der Waals surface area contributed by atoms with E-state index in [0.717, 1.165) is 9.56 Å². The maximum atomic E-state index is 13.3. The van der Waals surface area contributed by atoms with Crippen LogP contribution in [0.2, 0.25) is 5.02 Å². The van der Waals surface area contributed by atoms with Gasteiger partial charge in [0.15, 0.2) is 0 Å². The molecule has 122 valence electrons. The van der Waals surface area contributed by atoms with Crippen LogP contribution in [0.1, 0.15) is 11.2 Å². The van der Waals surface area contributed by atoms with Crippen LogP contribution >= 0.6 is 22.9 Å². The van der Waals surface area contributed by atoms with Gasteiger partial charge in [-0.25, -0.2) is 8.78 Å². The Labute approximate surface area is 145 Å². The highest BCUT2D eigenvalue weighted by atomic mass is 35.5. The summed E-state index contributed by atoms with van der Waals surface area (Å²) in [4.78, 5) is 13.3. The van der Waals surface area contributed by atoms with Gasteiger partial charge in [-0.05, 0) is 29.6 Å². The zero-order chi connectivity index (χ0) is 16.9. The smallest absolute Gasteiger partial charge is 0.260 e. The Morgan fingerprint density at radius 3 is 2.58 bits per heavy atom. The quantitative estimate of drug-likeness (QED) is 0.638. The van der Waals surface area contributed by atoms with Crippen molar-refractivity contribution in [2.75, 3.05) is 0 Å². The molecule has 7 heteroatoms. The highest BCUT2D eigenvalue weighted by molar-refractivity contribution is 7.13. The van der Waals surface area contributed by atoms with Crippen LogP contribution in [0.4, 0.5) is 8.78 Å². The first-order valence-electron chi connectivity index (χ1n) is 7.27. The van der Waals surface area contributed by atoms with E-state index in [0.29, 0.717) is 22.0 Å². The lowest BCUT2D eigenvalue weighted by molar-refractivity contribution is 0.0678. The van der Waals surface area contributed by atoms with Gasteiger partial charge in [-0.3, -0.25) is 4.79 Å². The highest BCUT2D eigenvalue weighted by Crippen LogP contribution is 2.49. The van der Waals surface area contributed by atoms with Crippen molar-refractivity contribution in [2.24, 2.45) is 5.92 Å². The number of carbonyl (C=O) groups is 1. The molecule has 0 radical (unpaired) electrons. The van der Waals surface area contributed by atoms with E-state index < -0.39 is 24.2 Å². The summed E-state index contributed by atoms with van der Waals surface area (Å²) in [5.74, 6) is -4.89. The molecule has 0 spiro atoms. The molecule has 1 fully saturated rings.